The lowest BCUT2D eigenvalue weighted by atomic mass is 9.95. The highest BCUT2D eigenvalue weighted by molar-refractivity contribution is 5.77. The molecule has 4 rings (SSSR count). The van der Waals surface area contributed by atoms with Crippen molar-refractivity contribution >= 4 is 11.8 Å². The Labute approximate surface area is 262 Å². The maximum absolute atomic E-state index is 11.3. The molecule has 4 aliphatic rings. The van der Waals surface area contributed by atoms with Gasteiger partial charge in [0.25, 0.3) is 0 Å². The van der Waals surface area contributed by atoms with E-state index in [1.807, 2.05) is 55.4 Å². The monoisotopic (exact) mass is 599 g/mol. The summed E-state index contributed by atoms with van der Waals surface area (Å²) in [6.45, 7) is 27.7. The van der Waals surface area contributed by atoms with Gasteiger partial charge in [-0.05, 0) is 96.6 Å². The first-order valence-electron chi connectivity index (χ1n) is 17.9. The number of rotatable bonds is 7. The van der Waals surface area contributed by atoms with Gasteiger partial charge in [0.1, 0.15) is 0 Å². The molecule has 4 fully saturated rings. The van der Waals surface area contributed by atoms with E-state index >= 15 is 0 Å². The van der Waals surface area contributed by atoms with Crippen LogP contribution in [0.1, 0.15) is 120 Å². The number of nitrogens with two attached hydrogens (primary N) is 1. The molecule has 8 nitrogen and oxygen atoms in total. The average Bonchev–Trinajstić information content (AvgIpc) is 3.07. The molecule has 2 amide bonds. The zero-order chi connectivity index (χ0) is 32.2. The topological polar surface area (TPSA) is 85.2 Å². The molecule has 4 heterocycles. The Kier molecular flexibility index (Phi) is 30.5. The Morgan fingerprint density at radius 3 is 1.48 bits per heavy atom. The van der Waals surface area contributed by atoms with Crippen LogP contribution in [0.4, 0.5) is 0 Å². The van der Waals surface area contributed by atoms with Crippen LogP contribution in [0.2, 0.25) is 0 Å². The molecule has 0 aliphatic carbocycles. The van der Waals surface area contributed by atoms with Crippen molar-refractivity contribution in [3.63, 3.8) is 0 Å². The Morgan fingerprint density at radius 1 is 0.595 bits per heavy atom. The number of hydrogen-bond acceptors (Lipinski definition) is 6. The molecule has 3 N–H and O–H groups in total. The average molecular weight is 599 g/mol. The normalized spacial score (nSPS) is 20.7. The van der Waals surface area contributed by atoms with E-state index in [0.717, 1.165) is 38.1 Å². The fraction of sp³-hybridized carbons (Fsp3) is 0.941. The summed E-state index contributed by atoms with van der Waals surface area (Å²) in [5.41, 5.74) is 5.21. The third-order valence-corrected chi connectivity index (χ3v) is 8.16. The second-order valence-corrected chi connectivity index (χ2v) is 10.8. The predicted octanol–water partition coefficient (Wildman–Crippen LogP) is 5.46. The van der Waals surface area contributed by atoms with Crippen molar-refractivity contribution in [2.75, 3.05) is 79.0 Å². The number of piperidine rings is 4. The van der Waals surface area contributed by atoms with Gasteiger partial charge in [-0.1, -0.05) is 68.2 Å². The van der Waals surface area contributed by atoms with Crippen molar-refractivity contribution in [1.29, 1.82) is 0 Å². The Hall–Kier alpha value is -1.22. The predicted molar refractivity (Wildman–Crippen MR) is 183 cm³/mol. The van der Waals surface area contributed by atoms with Crippen LogP contribution in [0.3, 0.4) is 0 Å². The molecular weight excluding hydrogens is 524 g/mol. The molecule has 0 aromatic carbocycles. The van der Waals surface area contributed by atoms with Gasteiger partial charge in [0.15, 0.2) is 0 Å². The third-order valence-electron chi connectivity index (χ3n) is 8.16. The van der Waals surface area contributed by atoms with Crippen molar-refractivity contribution in [3.8, 4) is 0 Å². The van der Waals surface area contributed by atoms with Crippen molar-refractivity contribution in [2.24, 2.45) is 11.7 Å². The largest absolute Gasteiger partial charge is 0.369 e. The summed E-state index contributed by atoms with van der Waals surface area (Å²) in [5.74, 6) is 0.796. The maximum Gasteiger partial charge on any atom is 0.233 e. The Balaban J connectivity index is 0. The van der Waals surface area contributed by atoms with Crippen molar-refractivity contribution in [1.82, 2.24) is 24.9 Å². The minimum Gasteiger partial charge on any atom is -0.369 e. The lowest BCUT2D eigenvalue weighted by molar-refractivity contribution is -0.122. The summed E-state index contributed by atoms with van der Waals surface area (Å²) in [6.07, 6.45) is 13.2. The van der Waals surface area contributed by atoms with Crippen LogP contribution in [-0.2, 0) is 9.59 Å². The Morgan fingerprint density at radius 2 is 1.02 bits per heavy atom. The van der Waals surface area contributed by atoms with Crippen LogP contribution in [-0.4, -0.2) is 116 Å². The number of likely N-dealkylation sites (tertiary alicyclic amines) is 4. The standard InChI is InChI=1S/C14H27N3O.C12H23N3O.4C2H6/c1-15-14(18)12-17-9-5-13(6-10-17)11-16-7-3-2-4-8-16;13-12(16)10-14-8-4-11(5-9-14)15-6-2-1-3-7-15;4*1-2/h13H,2-12H2,1H3,(H,15,18);11H,1-10H2,(H2,13,16);4*1-2H3. The molecule has 0 unspecified atom stereocenters. The van der Waals surface area contributed by atoms with E-state index in [4.69, 9.17) is 5.73 Å². The molecule has 252 valence electrons. The van der Waals surface area contributed by atoms with E-state index in [0.29, 0.717) is 13.1 Å². The van der Waals surface area contributed by atoms with Crippen LogP contribution < -0.4 is 11.1 Å². The van der Waals surface area contributed by atoms with Gasteiger partial charge in [0.2, 0.25) is 11.8 Å². The lowest BCUT2D eigenvalue weighted by Gasteiger charge is -2.39. The molecule has 0 aromatic heterocycles. The second-order valence-electron chi connectivity index (χ2n) is 10.8. The zero-order valence-corrected chi connectivity index (χ0v) is 29.7. The summed E-state index contributed by atoms with van der Waals surface area (Å²) in [7, 11) is 1.71. The molecular formula is C34H74N6O2. The van der Waals surface area contributed by atoms with Crippen LogP contribution >= 0.6 is 0 Å². The second kappa shape index (κ2) is 29.8. The zero-order valence-electron chi connectivity index (χ0n) is 29.7. The van der Waals surface area contributed by atoms with E-state index in [1.54, 1.807) is 7.05 Å². The van der Waals surface area contributed by atoms with E-state index in [1.165, 1.54) is 96.9 Å². The Bertz CT molecular complexity index is 593. The highest BCUT2D eigenvalue weighted by atomic mass is 16.2. The maximum atomic E-state index is 11.3. The van der Waals surface area contributed by atoms with Crippen molar-refractivity contribution in [3.05, 3.63) is 0 Å². The number of nitrogens with one attached hydrogen (secondary N) is 1. The number of primary amides is 1. The first kappa shape index (κ1) is 42.9. The number of amides is 2. The molecule has 4 aliphatic heterocycles. The van der Waals surface area contributed by atoms with E-state index in [9.17, 15) is 9.59 Å². The molecule has 4 saturated heterocycles. The van der Waals surface area contributed by atoms with Gasteiger partial charge in [0, 0.05) is 32.7 Å². The van der Waals surface area contributed by atoms with Crippen LogP contribution in [0, 0.1) is 5.92 Å². The summed E-state index contributed by atoms with van der Waals surface area (Å²) < 4.78 is 0. The number of likely N-dealkylation sites (N-methyl/N-ethyl adjacent to an activating group) is 1. The van der Waals surface area contributed by atoms with E-state index in [-0.39, 0.29) is 11.8 Å². The fourth-order valence-corrected chi connectivity index (χ4v) is 6.06. The molecule has 0 atom stereocenters. The summed E-state index contributed by atoms with van der Waals surface area (Å²) in [6, 6.07) is 0.754. The summed E-state index contributed by atoms with van der Waals surface area (Å²) in [5, 5.41) is 2.70. The number of carbonyl (C=O) groups is 2. The molecule has 0 bridgehead atoms. The van der Waals surface area contributed by atoms with Gasteiger partial charge in [0.05, 0.1) is 13.1 Å². The van der Waals surface area contributed by atoms with Crippen molar-refractivity contribution < 1.29 is 9.59 Å². The third kappa shape index (κ3) is 19.9. The van der Waals surface area contributed by atoms with E-state index < -0.39 is 0 Å². The number of carbonyl (C=O) groups excluding carboxylic acids is 2. The first-order chi connectivity index (χ1) is 20.5. The highest BCUT2D eigenvalue weighted by Crippen LogP contribution is 2.21. The molecule has 8 heteroatoms. The van der Waals surface area contributed by atoms with Gasteiger partial charge >= 0.3 is 0 Å². The van der Waals surface area contributed by atoms with Crippen LogP contribution in [0.5, 0.6) is 0 Å². The van der Waals surface area contributed by atoms with Gasteiger partial charge in [-0.25, -0.2) is 0 Å². The number of hydrogen-bond donors (Lipinski definition) is 2. The lowest BCUT2D eigenvalue weighted by Crippen LogP contribution is -2.48. The van der Waals surface area contributed by atoms with Gasteiger partial charge in [-0.2, -0.15) is 0 Å². The van der Waals surface area contributed by atoms with E-state index in [2.05, 4.69) is 24.9 Å². The first-order valence-corrected chi connectivity index (χ1v) is 17.9. The summed E-state index contributed by atoms with van der Waals surface area (Å²) >= 11 is 0. The highest BCUT2D eigenvalue weighted by Gasteiger charge is 2.26. The van der Waals surface area contributed by atoms with Crippen LogP contribution in [0.25, 0.3) is 0 Å². The van der Waals surface area contributed by atoms with Crippen molar-refractivity contribution in [2.45, 2.75) is 126 Å². The quantitative estimate of drug-likeness (QED) is 0.405. The van der Waals surface area contributed by atoms with Crippen LogP contribution in [0.15, 0.2) is 0 Å². The minimum atomic E-state index is -0.198. The molecule has 0 spiro atoms. The molecule has 42 heavy (non-hydrogen) atoms. The SMILES string of the molecule is CC.CC.CC.CC.CNC(=O)CN1CCC(CN2CCCCC2)CC1.NC(=O)CN1CCC(N2CCCCC2)CC1. The molecule has 0 radical (unpaired) electrons. The molecule has 0 aromatic rings. The fourth-order valence-electron chi connectivity index (χ4n) is 6.06. The summed E-state index contributed by atoms with van der Waals surface area (Å²) in [4.78, 5) is 31.9. The van der Waals surface area contributed by atoms with Gasteiger partial charge in [-0.3, -0.25) is 19.4 Å². The molecule has 0 saturated carbocycles. The van der Waals surface area contributed by atoms with Gasteiger partial charge < -0.3 is 20.9 Å². The number of nitrogens with zero attached hydrogens (tertiary/aromatic N) is 4. The van der Waals surface area contributed by atoms with Gasteiger partial charge in [-0.15, -0.1) is 0 Å². The minimum absolute atomic E-state index is 0.143. The smallest absolute Gasteiger partial charge is 0.233 e.